The van der Waals surface area contributed by atoms with Gasteiger partial charge in [-0.05, 0) is 0 Å². The third-order valence-electron chi connectivity index (χ3n) is 3.49. The van der Waals surface area contributed by atoms with Gasteiger partial charge in [0.25, 0.3) is 5.65 Å². The Kier molecular flexibility index (Phi) is 3.89. The van der Waals surface area contributed by atoms with Gasteiger partial charge in [0, 0.05) is 12.3 Å². The second-order valence-corrected chi connectivity index (χ2v) is 6.30. The molecule has 12 heteroatoms. The van der Waals surface area contributed by atoms with Crippen LogP contribution in [0.25, 0.3) is 11.2 Å². The van der Waals surface area contributed by atoms with Crippen molar-refractivity contribution in [2.75, 3.05) is 0 Å². The topological polar surface area (TPSA) is 158 Å². The Hall–Kier alpha value is -1.59. The SMILES string of the molecule is C[n+]1cn(C2OC(OP(=O)(O)O)C(O)C2O)c2nccc(O)c21. The minimum absolute atomic E-state index is 0.0488. The predicted molar refractivity (Wildman–Crippen MR) is 71.6 cm³/mol. The fraction of sp³-hybridized carbons (Fsp3) is 0.455. The Bertz CT molecular complexity index is 789. The summed E-state index contributed by atoms with van der Waals surface area (Å²) in [6.07, 6.45) is -3.32. The number of hydrogen-bond acceptors (Lipinski definition) is 7. The molecule has 1 fully saturated rings. The molecule has 3 rings (SSSR count). The minimum Gasteiger partial charge on any atom is -0.504 e. The molecule has 0 saturated carbocycles. The maximum Gasteiger partial charge on any atom is 0.472 e. The van der Waals surface area contributed by atoms with Crippen LogP contribution in [-0.2, 0) is 20.9 Å². The van der Waals surface area contributed by atoms with Crippen molar-refractivity contribution in [3.63, 3.8) is 0 Å². The summed E-state index contributed by atoms with van der Waals surface area (Å²) in [4.78, 5) is 21.7. The maximum absolute atomic E-state index is 10.9. The number of aliphatic hydroxyl groups is 2. The molecule has 3 heterocycles. The molecule has 4 atom stereocenters. The Morgan fingerprint density at radius 3 is 2.74 bits per heavy atom. The fourth-order valence-corrected chi connectivity index (χ4v) is 2.97. The molecule has 2 aromatic rings. The summed E-state index contributed by atoms with van der Waals surface area (Å²) in [6, 6.07) is 1.38. The summed E-state index contributed by atoms with van der Waals surface area (Å²) in [5, 5.41) is 29.8. The molecule has 1 aliphatic rings. The van der Waals surface area contributed by atoms with Gasteiger partial charge in [0.2, 0.25) is 24.4 Å². The first kappa shape index (κ1) is 16.3. The molecule has 11 nitrogen and oxygen atoms in total. The molecule has 0 bridgehead atoms. The number of ether oxygens (including phenoxy) is 1. The van der Waals surface area contributed by atoms with Crippen molar-refractivity contribution in [2.45, 2.75) is 24.7 Å². The van der Waals surface area contributed by atoms with Gasteiger partial charge in [0.15, 0.2) is 11.9 Å². The lowest BCUT2D eigenvalue weighted by Gasteiger charge is -2.14. The van der Waals surface area contributed by atoms with Gasteiger partial charge in [-0.15, -0.1) is 0 Å². The van der Waals surface area contributed by atoms with Crippen molar-refractivity contribution < 1.29 is 43.5 Å². The highest BCUT2D eigenvalue weighted by atomic mass is 31.2. The molecule has 4 unspecified atom stereocenters. The number of imidazole rings is 1. The Morgan fingerprint density at radius 1 is 1.39 bits per heavy atom. The van der Waals surface area contributed by atoms with E-state index in [4.69, 9.17) is 14.5 Å². The van der Waals surface area contributed by atoms with E-state index in [-0.39, 0.29) is 11.4 Å². The van der Waals surface area contributed by atoms with E-state index in [9.17, 15) is 19.9 Å². The molecule has 126 valence electrons. The first-order valence-corrected chi connectivity index (χ1v) is 8.02. The van der Waals surface area contributed by atoms with E-state index in [1.165, 1.54) is 27.7 Å². The third-order valence-corrected chi connectivity index (χ3v) is 3.97. The number of aryl methyl sites for hydroxylation is 1. The van der Waals surface area contributed by atoms with E-state index in [0.717, 1.165) is 0 Å². The molecule has 1 saturated heterocycles. The lowest BCUT2D eigenvalue weighted by Crippen LogP contribution is -2.32. The first-order valence-electron chi connectivity index (χ1n) is 6.49. The molecule has 0 aromatic carbocycles. The third kappa shape index (κ3) is 2.83. The lowest BCUT2D eigenvalue weighted by molar-refractivity contribution is -0.646. The van der Waals surface area contributed by atoms with E-state index in [1.807, 2.05) is 0 Å². The Morgan fingerprint density at radius 2 is 2.09 bits per heavy atom. The number of aromatic nitrogens is 3. The van der Waals surface area contributed by atoms with Gasteiger partial charge in [-0.2, -0.15) is 4.57 Å². The summed E-state index contributed by atoms with van der Waals surface area (Å²) >= 11 is 0. The highest BCUT2D eigenvalue weighted by molar-refractivity contribution is 7.46. The zero-order valence-electron chi connectivity index (χ0n) is 11.8. The van der Waals surface area contributed by atoms with Crippen LogP contribution in [0, 0.1) is 0 Å². The molecule has 0 aliphatic carbocycles. The van der Waals surface area contributed by atoms with Gasteiger partial charge >= 0.3 is 7.82 Å². The standard InChI is InChI=1S/C11H14N3O8P/c1-13-4-14(9-6(13)5(15)2-3-12-9)10-7(16)8(17)11(21-10)22-23(18,19)20/h2-4,7-8,10-11,16-17H,1H3,(H2-,12,15,18,19,20)/p+1. The molecular weight excluding hydrogens is 333 g/mol. The Labute approximate surface area is 129 Å². The first-order chi connectivity index (χ1) is 10.7. The molecule has 0 spiro atoms. The number of fused-ring (bicyclic) bond motifs is 1. The zero-order chi connectivity index (χ0) is 16.9. The van der Waals surface area contributed by atoms with Crippen LogP contribution in [0.1, 0.15) is 6.23 Å². The van der Waals surface area contributed by atoms with Crippen molar-refractivity contribution >= 4 is 19.0 Å². The zero-order valence-corrected chi connectivity index (χ0v) is 12.7. The predicted octanol–water partition coefficient (Wildman–Crippen LogP) is -1.75. The van der Waals surface area contributed by atoms with Crippen LogP contribution < -0.4 is 4.57 Å². The van der Waals surface area contributed by atoms with E-state index in [1.54, 1.807) is 7.05 Å². The number of hydrogen-bond donors (Lipinski definition) is 5. The van der Waals surface area contributed by atoms with Gasteiger partial charge < -0.3 is 29.8 Å². The van der Waals surface area contributed by atoms with E-state index < -0.39 is 32.5 Å². The van der Waals surface area contributed by atoms with Crippen LogP contribution in [0.5, 0.6) is 5.75 Å². The quantitative estimate of drug-likeness (QED) is 0.320. The van der Waals surface area contributed by atoms with Crippen LogP contribution in [0.4, 0.5) is 0 Å². The number of phosphoric acid groups is 1. The molecule has 23 heavy (non-hydrogen) atoms. The van der Waals surface area contributed by atoms with Gasteiger partial charge in [-0.25, -0.2) is 14.1 Å². The van der Waals surface area contributed by atoms with Crippen LogP contribution >= 0.6 is 7.82 Å². The van der Waals surface area contributed by atoms with Gasteiger partial charge in [0.1, 0.15) is 6.10 Å². The van der Waals surface area contributed by atoms with Crippen LogP contribution in [0.2, 0.25) is 0 Å². The average Bonchev–Trinajstić information content (AvgIpc) is 2.91. The summed E-state index contributed by atoms with van der Waals surface area (Å²) < 4.78 is 23.3. The smallest absolute Gasteiger partial charge is 0.472 e. The summed E-state index contributed by atoms with van der Waals surface area (Å²) in [6.45, 7) is 0. The van der Waals surface area contributed by atoms with Crippen LogP contribution in [0.3, 0.4) is 0 Å². The van der Waals surface area contributed by atoms with Gasteiger partial charge in [-0.1, -0.05) is 0 Å². The molecule has 0 radical (unpaired) electrons. The normalized spacial score (nSPS) is 28.6. The van der Waals surface area contributed by atoms with E-state index >= 15 is 0 Å². The van der Waals surface area contributed by atoms with Crippen molar-refractivity contribution in [1.29, 1.82) is 0 Å². The summed E-state index contributed by atoms with van der Waals surface area (Å²) in [5.41, 5.74) is 0.609. The fourth-order valence-electron chi connectivity index (χ4n) is 2.53. The van der Waals surface area contributed by atoms with Crippen molar-refractivity contribution in [3.8, 4) is 5.75 Å². The lowest BCUT2D eigenvalue weighted by atomic mass is 10.2. The molecule has 0 amide bonds. The van der Waals surface area contributed by atoms with Crippen LogP contribution in [-0.4, -0.2) is 53.2 Å². The summed E-state index contributed by atoms with van der Waals surface area (Å²) in [5.74, 6) is -0.0488. The monoisotopic (exact) mass is 348 g/mol. The number of rotatable bonds is 3. The molecule has 5 N–H and O–H groups in total. The number of phosphoric ester groups is 1. The summed E-state index contributed by atoms with van der Waals surface area (Å²) in [7, 11) is -3.29. The molecule has 2 aromatic heterocycles. The van der Waals surface area contributed by atoms with E-state index in [0.29, 0.717) is 5.52 Å². The van der Waals surface area contributed by atoms with Gasteiger partial charge in [0.05, 0.1) is 7.05 Å². The highest BCUT2D eigenvalue weighted by Crippen LogP contribution is 2.43. The largest absolute Gasteiger partial charge is 0.504 e. The van der Waals surface area contributed by atoms with Crippen LogP contribution in [0.15, 0.2) is 18.6 Å². The minimum atomic E-state index is -4.91. The maximum atomic E-state index is 10.9. The average molecular weight is 348 g/mol. The second kappa shape index (κ2) is 5.49. The molecule has 1 aliphatic heterocycles. The van der Waals surface area contributed by atoms with E-state index in [2.05, 4.69) is 9.51 Å². The van der Waals surface area contributed by atoms with Gasteiger partial charge in [-0.3, -0.25) is 4.52 Å². The van der Waals surface area contributed by atoms with Crippen molar-refractivity contribution in [1.82, 2.24) is 9.55 Å². The van der Waals surface area contributed by atoms with Crippen molar-refractivity contribution in [2.24, 2.45) is 7.05 Å². The number of pyridine rings is 1. The Balaban J connectivity index is 2.00. The number of nitrogens with zero attached hydrogens (tertiary/aromatic N) is 3. The second-order valence-electron chi connectivity index (χ2n) is 5.11. The number of aromatic hydroxyl groups is 1. The number of aliphatic hydroxyl groups excluding tert-OH is 2. The molecular formula is C11H15N3O8P+. The highest BCUT2D eigenvalue weighted by Gasteiger charge is 2.50. The van der Waals surface area contributed by atoms with Crippen molar-refractivity contribution in [3.05, 3.63) is 18.6 Å².